The first kappa shape index (κ1) is 26.6. The van der Waals surface area contributed by atoms with E-state index in [0.717, 1.165) is 0 Å². The molecule has 0 spiro atoms. The lowest BCUT2D eigenvalue weighted by atomic mass is 9.81. The van der Waals surface area contributed by atoms with Gasteiger partial charge in [0.15, 0.2) is 0 Å². The fourth-order valence-electron chi connectivity index (χ4n) is 3.27. The monoisotopic (exact) mass is 420 g/mol. The molecule has 31 heavy (non-hydrogen) atoms. The molecule has 0 saturated heterocycles. The maximum Gasteiger partial charge on any atom is 0.131 e. The summed E-state index contributed by atoms with van der Waals surface area (Å²) in [5.41, 5.74) is 3.10. The van der Waals surface area contributed by atoms with E-state index in [-0.39, 0.29) is 0 Å². The van der Waals surface area contributed by atoms with Crippen LogP contribution in [0.1, 0.15) is 27.7 Å². The van der Waals surface area contributed by atoms with Crippen LogP contribution in [0, 0.1) is 0 Å². The third kappa shape index (κ3) is 10.4. The molecule has 0 aliphatic carbocycles. The predicted molar refractivity (Wildman–Crippen MR) is 128 cm³/mol. The Bertz CT molecular complexity index is 731. The second-order valence-electron chi connectivity index (χ2n) is 7.10. The van der Waals surface area contributed by atoms with Crippen LogP contribution in [-0.2, 0) is 0 Å². The van der Waals surface area contributed by atoms with E-state index in [1.54, 1.807) is 28.0 Å². The van der Waals surface area contributed by atoms with Crippen molar-refractivity contribution in [2.45, 2.75) is 27.7 Å². The second kappa shape index (κ2) is 16.3. The van der Waals surface area contributed by atoms with Crippen molar-refractivity contribution in [2.24, 2.45) is 0 Å². The highest BCUT2D eigenvalue weighted by molar-refractivity contribution is 6.55. The molecule has 0 saturated carbocycles. The van der Waals surface area contributed by atoms with Gasteiger partial charge in [-0.2, -0.15) is 0 Å². The largest absolute Gasteiger partial charge is 0.889 e. The Balaban J connectivity index is 0.000000234. The van der Waals surface area contributed by atoms with E-state index in [4.69, 9.17) is 0 Å². The lowest BCUT2D eigenvalue weighted by Gasteiger charge is -2.26. The molecule has 0 atom stereocenters. The fraction of sp³-hybridized carbons (Fsp3) is 0.308. The number of nitrogens with one attached hydrogen (secondary N) is 2. The fourth-order valence-corrected chi connectivity index (χ4v) is 3.27. The van der Waals surface area contributed by atoms with Crippen molar-refractivity contribution < 1.29 is 19.8 Å². The Morgan fingerprint density at radius 3 is 1.03 bits per heavy atom. The molecule has 0 aliphatic heterocycles. The van der Waals surface area contributed by atoms with Gasteiger partial charge in [0, 0.05) is 0 Å². The maximum absolute atomic E-state index is 10.2. The van der Waals surface area contributed by atoms with Gasteiger partial charge in [0.05, 0.1) is 26.2 Å². The van der Waals surface area contributed by atoms with Crippen molar-refractivity contribution in [3.8, 4) is 0 Å². The summed E-state index contributed by atoms with van der Waals surface area (Å²) in [4.78, 5) is 3.09. The molecule has 4 nitrogen and oxygen atoms in total. The van der Waals surface area contributed by atoms with Crippen molar-refractivity contribution >= 4 is 24.0 Å². The third-order valence-corrected chi connectivity index (χ3v) is 5.14. The minimum atomic E-state index is -1.84. The molecule has 0 unspecified atom stereocenters. The maximum atomic E-state index is 10.2. The Hall–Kier alpha value is -2.44. The quantitative estimate of drug-likeness (QED) is 0.550. The topological polar surface area (TPSA) is 55.0 Å². The van der Waals surface area contributed by atoms with E-state index in [1.165, 1.54) is 49.7 Å². The van der Waals surface area contributed by atoms with E-state index in [1.807, 2.05) is 0 Å². The molecule has 5 heteroatoms. The highest BCUT2D eigenvalue weighted by Crippen LogP contribution is 1.98. The molecular formula is C26H37BN2O2. The van der Waals surface area contributed by atoms with Gasteiger partial charge in [0.2, 0.25) is 0 Å². The summed E-state index contributed by atoms with van der Waals surface area (Å²) < 4.78 is 0. The third-order valence-electron chi connectivity index (χ3n) is 5.14. The van der Waals surface area contributed by atoms with E-state index < -0.39 is 7.12 Å². The zero-order valence-electron chi connectivity index (χ0n) is 19.4. The number of benzene rings is 3. The highest BCUT2D eigenvalue weighted by atomic mass is 16.4. The molecular weight excluding hydrogens is 383 g/mol. The first-order valence-corrected chi connectivity index (χ1v) is 11.2. The van der Waals surface area contributed by atoms with Crippen LogP contribution in [0.15, 0.2) is 91.0 Å². The van der Waals surface area contributed by atoms with Crippen LogP contribution in [0.3, 0.4) is 0 Å². The molecule has 0 bridgehead atoms. The first-order valence-electron chi connectivity index (χ1n) is 11.2. The smallest absolute Gasteiger partial charge is 0.131 e. The van der Waals surface area contributed by atoms with Gasteiger partial charge in [-0.1, -0.05) is 73.8 Å². The molecule has 0 amide bonds. The van der Waals surface area contributed by atoms with Crippen LogP contribution in [0.25, 0.3) is 0 Å². The summed E-state index contributed by atoms with van der Waals surface area (Å²) in [5, 5.41) is 20.3. The minimum Gasteiger partial charge on any atom is -0.889 e. The summed E-state index contributed by atoms with van der Waals surface area (Å²) >= 11 is 0. The SMILES string of the molecule is CC[NH+](CC)c1ccccc1.CC[NH+](CC)c1ccccc1.[O-]B([O-])c1ccccc1. The van der Waals surface area contributed by atoms with Gasteiger partial charge in [0.25, 0.3) is 0 Å². The molecule has 166 valence electrons. The zero-order valence-corrected chi connectivity index (χ0v) is 19.4. The van der Waals surface area contributed by atoms with E-state index in [9.17, 15) is 10.0 Å². The van der Waals surface area contributed by atoms with Gasteiger partial charge in [-0.15, -0.1) is 5.46 Å². The van der Waals surface area contributed by atoms with Crippen LogP contribution in [-0.4, -0.2) is 33.3 Å². The first-order chi connectivity index (χ1) is 15.1. The Morgan fingerprint density at radius 2 is 0.806 bits per heavy atom. The number of para-hydroxylation sites is 2. The Morgan fingerprint density at radius 1 is 0.516 bits per heavy atom. The van der Waals surface area contributed by atoms with Gasteiger partial charge in [0.1, 0.15) is 11.4 Å². The average molecular weight is 420 g/mol. The molecule has 2 N–H and O–H groups in total. The zero-order chi connectivity index (χ0) is 22.9. The standard InChI is InChI=1S/2C10H15N.C6H5BO2/c2*1-3-11(4-2)10-8-6-5-7-9-10;8-7(9)6-4-2-1-3-5-6/h2*5-9H,3-4H2,1-2H3;1-5H/q;;-2/p+2. The van der Waals surface area contributed by atoms with Crippen LogP contribution >= 0.6 is 0 Å². The molecule has 0 radical (unpaired) electrons. The van der Waals surface area contributed by atoms with Gasteiger partial charge in [-0.05, 0) is 52.0 Å². The van der Waals surface area contributed by atoms with Crippen LogP contribution in [0.5, 0.6) is 0 Å². The predicted octanol–water partition coefficient (Wildman–Crippen LogP) is 0.588. The summed E-state index contributed by atoms with van der Waals surface area (Å²) in [6.07, 6.45) is 0. The van der Waals surface area contributed by atoms with Crippen LogP contribution in [0.2, 0.25) is 0 Å². The van der Waals surface area contributed by atoms with Gasteiger partial charge >= 0.3 is 0 Å². The summed E-state index contributed by atoms with van der Waals surface area (Å²) in [5.74, 6) is 0. The molecule has 0 aliphatic rings. The Labute approximate surface area is 188 Å². The average Bonchev–Trinajstić information content (AvgIpc) is 2.83. The van der Waals surface area contributed by atoms with Crippen LogP contribution in [0.4, 0.5) is 11.4 Å². The van der Waals surface area contributed by atoms with E-state index >= 15 is 0 Å². The van der Waals surface area contributed by atoms with Crippen molar-refractivity contribution in [1.29, 1.82) is 0 Å². The molecule has 3 aromatic rings. The lowest BCUT2D eigenvalue weighted by molar-refractivity contribution is -0.828. The molecule has 0 aromatic heterocycles. The van der Waals surface area contributed by atoms with Crippen molar-refractivity contribution in [2.75, 3.05) is 26.2 Å². The van der Waals surface area contributed by atoms with Crippen molar-refractivity contribution in [3.05, 3.63) is 91.0 Å². The highest BCUT2D eigenvalue weighted by Gasteiger charge is 2.04. The van der Waals surface area contributed by atoms with Gasteiger partial charge in [-0.25, -0.2) is 0 Å². The summed E-state index contributed by atoms with van der Waals surface area (Å²) in [6, 6.07) is 29.4. The van der Waals surface area contributed by atoms with Crippen molar-refractivity contribution in [1.82, 2.24) is 0 Å². The van der Waals surface area contributed by atoms with Crippen molar-refractivity contribution in [3.63, 3.8) is 0 Å². The van der Waals surface area contributed by atoms with Gasteiger partial charge in [-0.3, -0.25) is 0 Å². The number of hydrogen-bond acceptors (Lipinski definition) is 2. The normalized spacial score (nSPS) is 10.1. The number of hydrogen-bond donors (Lipinski definition) is 2. The van der Waals surface area contributed by atoms with E-state index in [0.29, 0.717) is 5.46 Å². The van der Waals surface area contributed by atoms with Crippen LogP contribution < -0.4 is 25.3 Å². The lowest BCUT2D eigenvalue weighted by Crippen LogP contribution is -3.06. The molecule has 0 heterocycles. The van der Waals surface area contributed by atoms with E-state index in [2.05, 4.69) is 88.4 Å². The molecule has 0 fully saturated rings. The number of rotatable bonds is 7. The molecule has 3 rings (SSSR count). The second-order valence-corrected chi connectivity index (χ2v) is 7.10. The van der Waals surface area contributed by atoms with Gasteiger partial charge < -0.3 is 19.8 Å². The summed E-state index contributed by atoms with van der Waals surface area (Å²) in [7, 11) is -1.84. The summed E-state index contributed by atoms with van der Waals surface area (Å²) in [6.45, 7) is 13.5. The number of quaternary nitrogens is 2. The molecule has 3 aromatic carbocycles. The minimum absolute atomic E-state index is 0.303. The Kier molecular flexibility index (Phi) is 14.0.